The quantitative estimate of drug-likeness (QED) is 0.812. The van der Waals surface area contributed by atoms with E-state index < -0.39 is 0 Å². The molecule has 0 N–H and O–H groups in total. The monoisotopic (exact) mass is 296 g/mol. The van der Waals surface area contributed by atoms with E-state index in [1.807, 2.05) is 48.4 Å². The summed E-state index contributed by atoms with van der Waals surface area (Å²) in [5.41, 5.74) is 3.97. The molecule has 0 saturated carbocycles. The molecule has 4 heteroatoms. The van der Waals surface area contributed by atoms with Crippen molar-refractivity contribution in [1.82, 2.24) is 5.01 Å². The maximum absolute atomic E-state index is 12.0. The van der Waals surface area contributed by atoms with Crippen LogP contribution in [0.25, 0.3) is 0 Å². The summed E-state index contributed by atoms with van der Waals surface area (Å²) in [5.74, 6) is 0.727. The van der Waals surface area contributed by atoms with Gasteiger partial charge in [0.15, 0.2) is 18.3 Å². The van der Waals surface area contributed by atoms with Crippen molar-refractivity contribution in [3.05, 3.63) is 59.2 Å². The highest BCUT2D eigenvalue weighted by Gasteiger charge is 2.27. The summed E-state index contributed by atoms with van der Waals surface area (Å²) in [5, 5.41) is 4.00. The van der Waals surface area contributed by atoms with Gasteiger partial charge in [-0.15, -0.1) is 0 Å². The normalized spacial score (nSPS) is 13.2. The van der Waals surface area contributed by atoms with Gasteiger partial charge >= 0.3 is 0 Å². The molecule has 0 fully saturated rings. The van der Waals surface area contributed by atoms with Crippen LogP contribution in [0.2, 0.25) is 0 Å². The summed E-state index contributed by atoms with van der Waals surface area (Å²) < 4.78 is 5.73. The van der Waals surface area contributed by atoms with E-state index in [1.165, 1.54) is 5.56 Å². The molecular formula is C18H20N2O2. The minimum absolute atomic E-state index is 0.0340. The van der Waals surface area contributed by atoms with Crippen LogP contribution in [-0.4, -0.2) is 31.6 Å². The highest BCUT2D eigenvalue weighted by atomic mass is 16.5. The Morgan fingerprint density at radius 1 is 1.18 bits per heavy atom. The van der Waals surface area contributed by atoms with Gasteiger partial charge in [0.2, 0.25) is 0 Å². The lowest BCUT2D eigenvalue weighted by Crippen LogP contribution is -2.36. The topological polar surface area (TPSA) is 32.8 Å². The zero-order valence-electron chi connectivity index (χ0n) is 13.2. The van der Waals surface area contributed by atoms with E-state index in [4.69, 9.17) is 4.74 Å². The lowest BCUT2D eigenvalue weighted by atomic mass is 9.99. The Bertz CT molecular complexity index is 696. The fourth-order valence-electron chi connectivity index (χ4n) is 2.74. The number of hydrazine groups is 1. The average Bonchev–Trinajstić information content (AvgIpc) is 2.91. The van der Waals surface area contributed by atoms with Crippen molar-refractivity contribution in [3.8, 4) is 5.75 Å². The Kier molecular flexibility index (Phi) is 3.86. The zero-order chi connectivity index (χ0) is 15.7. The molecule has 0 saturated heterocycles. The summed E-state index contributed by atoms with van der Waals surface area (Å²) in [6.07, 6.45) is 0.801. The number of ketones is 1. The number of Topliss-reactive ketones (excluding diaryl/α,β-unsaturated/α-hetero) is 1. The van der Waals surface area contributed by atoms with Crippen molar-refractivity contribution < 1.29 is 9.53 Å². The molecule has 2 aromatic carbocycles. The largest absolute Gasteiger partial charge is 0.469 e. The van der Waals surface area contributed by atoms with Crippen LogP contribution in [0.3, 0.4) is 0 Å². The number of ether oxygens (including phenoxy) is 1. The Hall–Kier alpha value is -2.33. The summed E-state index contributed by atoms with van der Waals surface area (Å²) >= 11 is 0. The lowest BCUT2D eigenvalue weighted by molar-refractivity contribution is 0.101. The molecule has 22 heavy (non-hydrogen) atoms. The van der Waals surface area contributed by atoms with Crippen LogP contribution >= 0.6 is 0 Å². The molecule has 0 radical (unpaired) electrons. The Labute approximate surface area is 130 Å². The molecule has 0 spiro atoms. The van der Waals surface area contributed by atoms with Crippen LogP contribution in [0.5, 0.6) is 5.75 Å². The third-order valence-corrected chi connectivity index (χ3v) is 3.85. The van der Waals surface area contributed by atoms with Gasteiger partial charge in [0, 0.05) is 14.1 Å². The SMILES string of the molecule is CC(=O)c1cc(Cc2ccccc2)cc2c1OCN2N(C)C. The molecule has 1 aliphatic rings. The Morgan fingerprint density at radius 3 is 2.55 bits per heavy atom. The van der Waals surface area contributed by atoms with Gasteiger partial charge in [-0.3, -0.25) is 9.80 Å². The summed E-state index contributed by atoms with van der Waals surface area (Å²) in [6, 6.07) is 14.3. The molecule has 1 heterocycles. The second-order valence-corrected chi connectivity index (χ2v) is 5.73. The third-order valence-electron chi connectivity index (χ3n) is 3.85. The van der Waals surface area contributed by atoms with Crippen molar-refractivity contribution in [2.45, 2.75) is 13.3 Å². The molecule has 2 aromatic rings. The smallest absolute Gasteiger partial charge is 0.175 e. The first-order chi connectivity index (χ1) is 10.6. The summed E-state index contributed by atoms with van der Waals surface area (Å²) in [4.78, 5) is 12.0. The molecule has 4 nitrogen and oxygen atoms in total. The highest BCUT2D eigenvalue weighted by Crippen LogP contribution is 2.39. The predicted molar refractivity (Wildman–Crippen MR) is 87.4 cm³/mol. The number of carbonyl (C=O) groups is 1. The minimum Gasteiger partial charge on any atom is -0.469 e. The Morgan fingerprint density at radius 2 is 1.91 bits per heavy atom. The number of anilines is 1. The molecule has 1 aliphatic heterocycles. The first-order valence-corrected chi connectivity index (χ1v) is 7.35. The van der Waals surface area contributed by atoms with Crippen LogP contribution < -0.4 is 9.75 Å². The molecule has 0 atom stereocenters. The van der Waals surface area contributed by atoms with Crippen molar-refractivity contribution in [2.75, 3.05) is 25.8 Å². The number of hydrogen-bond acceptors (Lipinski definition) is 4. The molecular weight excluding hydrogens is 276 g/mol. The molecule has 0 bridgehead atoms. The van der Waals surface area contributed by atoms with E-state index in [1.54, 1.807) is 6.92 Å². The van der Waals surface area contributed by atoms with Crippen LogP contribution in [-0.2, 0) is 6.42 Å². The fourth-order valence-corrected chi connectivity index (χ4v) is 2.74. The molecule has 0 aromatic heterocycles. The maximum atomic E-state index is 12.0. The predicted octanol–water partition coefficient (Wildman–Crippen LogP) is 3.11. The second-order valence-electron chi connectivity index (χ2n) is 5.73. The number of carbonyl (C=O) groups excluding carboxylic acids is 1. The van der Waals surface area contributed by atoms with Gasteiger partial charge < -0.3 is 4.74 Å². The number of benzene rings is 2. The van der Waals surface area contributed by atoms with Crippen molar-refractivity contribution in [2.24, 2.45) is 0 Å². The van der Waals surface area contributed by atoms with E-state index in [0.717, 1.165) is 17.7 Å². The molecule has 0 amide bonds. The highest BCUT2D eigenvalue weighted by molar-refractivity contribution is 5.99. The van der Waals surface area contributed by atoms with Crippen LogP contribution in [0.4, 0.5) is 5.69 Å². The number of rotatable bonds is 4. The van der Waals surface area contributed by atoms with E-state index in [-0.39, 0.29) is 5.78 Å². The van der Waals surface area contributed by atoms with Gasteiger partial charge in [-0.1, -0.05) is 30.3 Å². The molecule has 0 aliphatic carbocycles. The van der Waals surface area contributed by atoms with Gasteiger partial charge in [0.1, 0.15) is 0 Å². The first-order valence-electron chi connectivity index (χ1n) is 7.35. The van der Waals surface area contributed by atoms with Crippen LogP contribution in [0.1, 0.15) is 28.4 Å². The minimum atomic E-state index is 0.0340. The van der Waals surface area contributed by atoms with Crippen molar-refractivity contribution in [1.29, 1.82) is 0 Å². The second kappa shape index (κ2) is 5.81. The molecule has 3 rings (SSSR count). The standard InChI is InChI=1S/C18H20N2O2/c1-13(21)16-10-15(9-14-7-5-4-6-8-14)11-17-18(16)22-12-20(17)19(2)3/h4-8,10-11H,9,12H2,1-3H3. The van der Waals surface area contributed by atoms with E-state index in [0.29, 0.717) is 18.0 Å². The summed E-state index contributed by atoms with van der Waals surface area (Å²) in [7, 11) is 3.94. The lowest BCUT2D eigenvalue weighted by Gasteiger charge is -2.24. The van der Waals surface area contributed by atoms with Crippen LogP contribution in [0, 0.1) is 0 Å². The third kappa shape index (κ3) is 2.70. The van der Waals surface area contributed by atoms with E-state index in [2.05, 4.69) is 18.2 Å². The van der Waals surface area contributed by atoms with Crippen LogP contribution in [0.15, 0.2) is 42.5 Å². The first kappa shape index (κ1) is 14.6. The van der Waals surface area contributed by atoms with Gasteiger partial charge in [-0.2, -0.15) is 0 Å². The molecule has 0 unspecified atom stereocenters. The van der Waals surface area contributed by atoms with Gasteiger partial charge in [0.25, 0.3) is 0 Å². The summed E-state index contributed by atoms with van der Waals surface area (Å²) in [6.45, 7) is 2.03. The zero-order valence-corrected chi connectivity index (χ0v) is 13.2. The van der Waals surface area contributed by atoms with Gasteiger partial charge in [0.05, 0.1) is 11.3 Å². The fraction of sp³-hybridized carbons (Fsp3) is 0.278. The van der Waals surface area contributed by atoms with Crippen molar-refractivity contribution in [3.63, 3.8) is 0 Å². The number of hydrogen-bond donors (Lipinski definition) is 0. The van der Waals surface area contributed by atoms with Crippen molar-refractivity contribution >= 4 is 11.5 Å². The van der Waals surface area contributed by atoms with Gasteiger partial charge in [-0.25, -0.2) is 5.01 Å². The molecule has 114 valence electrons. The average molecular weight is 296 g/mol. The maximum Gasteiger partial charge on any atom is 0.175 e. The Balaban J connectivity index is 2.03. The number of fused-ring (bicyclic) bond motifs is 1. The van der Waals surface area contributed by atoms with E-state index >= 15 is 0 Å². The number of nitrogens with zero attached hydrogens (tertiary/aromatic N) is 2. The van der Waals surface area contributed by atoms with E-state index in [9.17, 15) is 4.79 Å². The van der Waals surface area contributed by atoms with Gasteiger partial charge in [-0.05, 0) is 36.6 Å².